The first-order valence-electron chi connectivity index (χ1n) is 8.37. The summed E-state index contributed by atoms with van der Waals surface area (Å²) in [5.74, 6) is -0.413. The average molecular weight is 383 g/mol. The summed E-state index contributed by atoms with van der Waals surface area (Å²) in [7, 11) is 0. The van der Waals surface area contributed by atoms with Gasteiger partial charge in [-0.25, -0.2) is 4.98 Å². The number of hydrogen-bond acceptors (Lipinski definition) is 5. The van der Waals surface area contributed by atoms with Gasteiger partial charge in [0.05, 0.1) is 18.2 Å². The maximum Gasteiger partial charge on any atom is 0.257 e. The van der Waals surface area contributed by atoms with Gasteiger partial charge in [-0.1, -0.05) is 24.3 Å². The fourth-order valence-electron chi connectivity index (χ4n) is 3.01. The third-order valence-electron chi connectivity index (χ3n) is 4.31. The van der Waals surface area contributed by atoms with Crippen LogP contribution in [0.2, 0.25) is 0 Å². The maximum atomic E-state index is 12.5. The summed E-state index contributed by atoms with van der Waals surface area (Å²) >= 11 is 3.09. The second-order valence-electron chi connectivity index (χ2n) is 6.04. The molecule has 2 N–H and O–H groups in total. The largest absolute Gasteiger partial charge is 0.351 e. The van der Waals surface area contributed by atoms with Gasteiger partial charge in [-0.2, -0.15) is 0 Å². The molecule has 132 valence electrons. The van der Waals surface area contributed by atoms with E-state index in [0.29, 0.717) is 17.2 Å². The molecule has 0 radical (unpaired) electrons. The first-order valence-corrected chi connectivity index (χ1v) is 10.1. The van der Waals surface area contributed by atoms with Crippen LogP contribution >= 0.6 is 22.7 Å². The first-order chi connectivity index (χ1) is 12.7. The van der Waals surface area contributed by atoms with E-state index >= 15 is 0 Å². The van der Waals surface area contributed by atoms with Gasteiger partial charge in [-0.3, -0.25) is 14.9 Å². The van der Waals surface area contributed by atoms with Crippen LogP contribution in [-0.4, -0.2) is 16.8 Å². The van der Waals surface area contributed by atoms with E-state index in [4.69, 9.17) is 0 Å². The van der Waals surface area contributed by atoms with Crippen molar-refractivity contribution in [3.8, 4) is 0 Å². The van der Waals surface area contributed by atoms with E-state index in [1.807, 2.05) is 35.7 Å². The Morgan fingerprint density at radius 3 is 2.77 bits per heavy atom. The predicted octanol–water partition coefficient (Wildman–Crippen LogP) is 3.80. The summed E-state index contributed by atoms with van der Waals surface area (Å²) < 4.78 is 0. The highest BCUT2D eigenvalue weighted by molar-refractivity contribution is 7.16. The Hall–Kier alpha value is -2.51. The van der Waals surface area contributed by atoms with Crippen LogP contribution < -0.4 is 10.6 Å². The minimum absolute atomic E-state index is 0.00314. The zero-order valence-electron chi connectivity index (χ0n) is 13.9. The summed E-state index contributed by atoms with van der Waals surface area (Å²) in [4.78, 5) is 31.5. The number of aromatic nitrogens is 1. The van der Waals surface area contributed by atoms with Crippen molar-refractivity contribution < 1.29 is 9.59 Å². The molecule has 4 rings (SSSR count). The lowest BCUT2D eigenvalue weighted by Crippen LogP contribution is -2.27. The van der Waals surface area contributed by atoms with Gasteiger partial charge in [0.2, 0.25) is 5.91 Å². The SMILES string of the molecule is O=C(Nc1nc2c(s1)CC[C@H]2C(=O)NCc1cccs1)c1ccccc1. The standard InChI is InChI=1S/C19H17N3O2S2/c23-17(12-5-2-1-3-6-12)22-19-21-16-14(8-9-15(16)26-19)18(24)20-11-13-7-4-10-25-13/h1-7,10,14H,8-9,11H2,(H,20,24)(H,21,22,23)/t14-/m1/s1. The van der Waals surface area contributed by atoms with Crippen LogP contribution in [-0.2, 0) is 17.8 Å². The number of benzene rings is 1. The van der Waals surface area contributed by atoms with Gasteiger partial charge in [0, 0.05) is 15.3 Å². The Kier molecular flexibility index (Phi) is 4.81. The first kappa shape index (κ1) is 16.9. The minimum atomic E-state index is -0.233. The Morgan fingerprint density at radius 2 is 2.00 bits per heavy atom. The molecule has 0 fully saturated rings. The van der Waals surface area contributed by atoms with E-state index in [2.05, 4.69) is 15.6 Å². The van der Waals surface area contributed by atoms with Gasteiger partial charge in [-0.05, 0) is 36.4 Å². The fourth-order valence-corrected chi connectivity index (χ4v) is 4.68. The van der Waals surface area contributed by atoms with Crippen LogP contribution in [0.3, 0.4) is 0 Å². The summed E-state index contributed by atoms with van der Waals surface area (Å²) in [6.45, 7) is 0.546. The van der Waals surface area contributed by atoms with Gasteiger partial charge in [0.25, 0.3) is 5.91 Å². The molecule has 2 heterocycles. The number of nitrogens with one attached hydrogen (secondary N) is 2. The van der Waals surface area contributed by atoms with Crippen molar-refractivity contribution in [2.75, 3.05) is 5.32 Å². The second-order valence-corrected chi connectivity index (χ2v) is 8.15. The molecule has 26 heavy (non-hydrogen) atoms. The zero-order chi connectivity index (χ0) is 17.9. The quantitative estimate of drug-likeness (QED) is 0.704. The van der Waals surface area contributed by atoms with E-state index in [1.165, 1.54) is 11.3 Å². The van der Waals surface area contributed by atoms with Crippen molar-refractivity contribution in [3.63, 3.8) is 0 Å². The molecular formula is C19H17N3O2S2. The van der Waals surface area contributed by atoms with Crippen LogP contribution in [0.4, 0.5) is 5.13 Å². The number of carbonyl (C=O) groups is 2. The lowest BCUT2D eigenvalue weighted by molar-refractivity contribution is -0.122. The van der Waals surface area contributed by atoms with Crippen LogP contribution in [0, 0.1) is 0 Å². The van der Waals surface area contributed by atoms with Gasteiger partial charge >= 0.3 is 0 Å². The van der Waals surface area contributed by atoms with Gasteiger partial charge < -0.3 is 5.32 Å². The Bertz CT molecular complexity index is 920. The smallest absolute Gasteiger partial charge is 0.257 e. The molecule has 7 heteroatoms. The molecule has 0 spiro atoms. The zero-order valence-corrected chi connectivity index (χ0v) is 15.5. The molecule has 1 aliphatic rings. The number of rotatable bonds is 5. The van der Waals surface area contributed by atoms with Gasteiger partial charge in [0.1, 0.15) is 0 Å². The fraction of sp³-hybridized carbons (Fsp3) is 0.211. The molecule has 3 aromatic rings. The predicted molar refractivity (Wildman–Crippen MR) is 104 cm³/mol. The molecule has 0 saturated carbocycles. The van der Waals surface area contributed by atoms with Crippen LogP contribution in [0.25, 0.3) is 0 Å². The van der Waals surface area contributed by atoms with Crippen LogP contribution in [0.5, 0.6) is 0 Å². The van der Waals surface area contributed by atoms with E-state index in [-0.39, 0.29) is 17.7 Å². The monoisotopic (exact) mass is 383 g/mol. The number of hydrogen-bond donors (Lipinski definition) is 2. The molecule has 1 aromatic carbocycles. The Labute approximate surface area is 159 Å². The molecular weight excluding hydrogens is 366 g/mol. The summed E-state index contributed by atoms with van der Waals surface area (Å²) in [5, 5.41) is 8.38. The van der Waals surface area contributed by atoms with Crippen LogP contribution in [0.1, 0.15) is 38.1 Å². The number of anilines is 1. The van der Waals surface area contributed by atoms with Crippen molar-refractivity contribution in [2.24, 2.45) is 0 Å². The highest BCUT2D eigenvalue weighted by Gasteiger charge is 2.32. The van der Waals surface area contributed by atoms with Gasteiger partial charge in [0.15, 0.2) is 5.13 Å². The molecule has 5 nitrogen and oxygen atoms in total. The molecule has 0 unspecified atom stereocenters. The number of fused-ring (bicyclic) bond motifs is 1. The lowest BCUT2D eigenvalue weighted by atomic mass is 10.1. The van der Waals surface area contributed by atoms with E-state index in [0.717, 1.165) is 28.3 Å². The number of thiazole rings is 1. The number of amides is 2. The Balaban J connectivity index is 1.42. The lowest BCUT2D eigenvalue weighted by Gasteiger charge is -2.10. The molecule has 0 bridgehead atoms. The molecule has 2 amide bonds. The highest BCUT2D eigenvalue weighted by Crippen LogP contribution is 2.38. The molecule has 1 atom stereocenters. The maximum absolute atomic E-state index is 12.5. The van der Waals surface area contributed by atoms with Crippen LogP contribution in [0.15, 0.2) is 47.8 Å². The third kappa shape index (κ3) is 3.54. The van der Waals surface area contributed by atoms with Crippen molar-refractivity contribution >= 4 is 39.6 Å². The average Bonchev–Trinajstić information content (AvgIpc) is 3.37. The van der Waals surface area contributed by atoms with E-state index < -0.39 is 0 Å². The normalized spacial score (nSPS) is 15.5. The number of nitrogens with zero attached hydrogens (tertiary/aromatic N) is 1. The summed E-state index contributed by atoms with van der Waals surface area (Å²) in [6.07, 6.45) is 1.60. The number of carbonyl (C=O) groups excluding carboxylic acids is 2. The Morgan fingerprint density at radius 1 is 1.15 bits per heavy atom. The van der Waals surface area contributed by atoms with Crippen molar-refractivity contribution in [2.45, 2.75) is 25.3 Å². The molecule has 0 aliphatic heterocycles. The summed E-state index contributed by atoms with van der Waals surface area (Å²) in [6, 6.07) is 13.0. The summed E-state index contributed by atoms with van der Waals surface area (Å²) in [5.41, 5.74) is 1.40. The second kappa shape index (κ2) is 7.39. The number of thiophene rings is 1. The van der Waals surface area contributed by atoms with Crippen molar-refractivity contribution in [1.29, 1.82) is 0 Å². The highest BCUT2D eigenvalue weighted by atomic mass is 32.1. The van der Waals surface area contributed by atoms with Gasteiger partial charge in [-0.15, -0.1) is 22.7 Å². The van der Waals surface area contributed by atoms with E-state index in [1.54, 1.807) is 23.5 Å². The third-order valence-corrected chi connectivity index (χ3v) is 6.23. The van der Waals surface area contributed by atoms with E-state index in [9.17, 15) is 9.59 Å². The minimum Gasteiger partial charge on any atom is -0.351 e. The molecule has 2 aromatic heterocycles. The van der Waals surface area contributed by atoms with Crippen molar-refractivity contribution in [3.05, 3.63) is 68.9 Å². The number of aryl methyl sites for hydroxylation is 1. The topological polar surface area (TPSA) is 71.1 Å². The van der Waals surface area contributed by atoms with Crippen molar-refractivity contribution in [1.82, 2.24) is 10.3 Å². The molecule has 1 aliphatic carbocycles. The molecule has 0 saturated heterocycles.